The fourth-order valence-corrected chi connectivity index (χ4v) is 12.5. The minimum Gasteiger partial charge on any atom is -0.309 e. The molecule has 8 aromatic rings. The highest BCUT2D eigenvalue weighted by Crippen LogP contribution is 2.35. The second kappa shape index (κ2) is 12.6. The highest BCUT2D eigenvalue weighted by atomic mass is 28.3. The van der Waals surface area contributed by atoms with Gasteiger partial charge in [0.05, 0.1) is 45.9 Å². The third-order valence-electron chi connectivity index (χ3n) is 9.67. The summed E-state index contributed by atoms with van der Waals surface area (Å²) < 4.78 is 2.14. The van der Waals surface area contributed by atoms with E-state index in [0.29, 0.717) is 22.3 Å². The number of benzene rings is 7. The van der Waals surface area contributed by atoms with Crippen molar-refractivity contribution in [3.8, 4) is 35.0 Å². The van der Waals surface area contributed by atoms with Crippen LogP contribution in [0.4, 0.5) is 0 Å². The van der Waals surface area contributed by atoms with Crippen molar-refractivity contribution < 1.29 is 0 Å². The molecule has 4 nitrogen and oxygen atoms in total. The maximum atomic E-state index is 11.1. The molecule has 1 heterocycles. The Bertz CT molecular complexity index is 2580. The first-order chi connectivity index (χ1) is 24.7. The lowest BCUT2D eigenvalue weighted by Gasteiger charge is -2.35. The van der Waals surface area contributed by atoms with E-state index in [1.54, 1.807) is 0 Å². The summed E-state index contributed by atoms with van der Waals surface area (Å²) in [6.45, 7) is 0. The molecule has 5 heteroatoms. The van der Waals surface area contributed by atoms with Gasteiger partial charge >= 0.3 is 0 Å². The Morgan fingerprint density at radius 3 is 1.64 bits per heavy atom. The summed E-state index contributed by atoms with van der Waals surface area (Å²) in [5, 5.41) is 37.8. The molecule has 0 radical (unpaired) electrons. The number of hydrogen-bond donors (Lipinski definition) is 0. The first-order valence-electron chi connectivity index (χ1n) is 16.4. The monoisotopic (exact) mass is 652 g/mol. The molecule has 0 saturated heterocycles. The van der Waals surface area contributed by atoms with Crippen LogP contribution in [0.5, 0.6) is 0 Å². The molecule has 0 aliphatic rings. The van der Waals surface area contributed by atoms with E-state index in [2.05, 4.69) is 114 Å². The summed E-state index contributed by atoms with van der Waals surface area (Å²) in [5.41, 5.74) is 5.84. The average molecular weight is 653 g/mol. The molecule has 0 atom stereocenters. The Hall–Kier alpha value is -6.97. The normalized spacial score (nSPS) is 11.1. The van der Waals surface area contributed by atoms with Gasteiger partial charge in [-0.1, -0.05) is 133 Å². The van der Waals surface area contributed by atoms with Gasteiger partial charge in [-0.05, 0) is 57.1 Å². The van der Waals surface area contributed by atoms with Gasteiger partial charge in [0.25, 0.3) is 0 Å². The summed E-state index contributed by atoms with van der Waals surface area (Å²) >= 11 is 0. The van der Waals surface area contributed by atoms with Crippen LogP contribution in [0.1, 0.15) is 16.7 Å². The highest BCUT2D eigenvalue weighted by molar-refractivity contribution is 7.20. The molecule has 0 spiro atoms. The summed E-state index contributed by atoms with van der Waals surface area (Å²) in [6, 6.07) is 64.7. The van der Waals surface area contributed by atoms with Crippen LogP contribution in [0, 0.1) is 34.0 Å². The molecule has 0 saturated carbocycles. The molecule has 7 aromatic carbocycles. The first kappa shape index (κ1) is 30.4. The third-order valence-corrected chi connectivity index (χ3v) is 14.5. The minimum absolute atomic E-state index is 0.474. The molecule has 0 bridgehead atoms. The largest absolute Gasteiger partial charge is 0.309 e. The van der Waals surface area contributed by atoms with Crippen molar-refractivity contribution in [2.45, 2.75) is 0 Å². The van der Waals surface area contributed by atoms with Crippen molar-refractivity contribution in [1.82, 2.24) is 4.57 Å². The zero-order valence-corrected chi connectivity index (χ0v) is 28.0. The van der Waals surface area contributed by atoms with E-state index in [1.807, 2.05) is 78.9 Å². The maximum Gasteiger partial charge on any atom is 0.180 e. The predicted octanol–water partition coefficient (Wildman–Crippen LogP) is 7.44. The number of fused-ring (bicyclic) bond motifs is 3. The van der Waals surface area contributed by atoms with Gasteiger partial charge in [0.2, 0.25) is 0 Å². The van der Waals surface area contributed by atoms with Crippen LogP contribution < -0.4 is 20.7 Å². The molecule has 0 aliphatic carbocycles. The van der Waals surface area contributed by atoms with Crippen molar-refractivity contribution in [3.05, 3.63) is 187 Å². The van der Waals surface area contributed by atoms with Crippen molar-refractivity contribution in [2.24, 2.45) is 0 Å². The molecular formula is C45H28N4Si. The highest BCUT2D eigenvalue weighted by Gasteiger charge is 2.43. The summed E-state index contributed by atoms with van der Waals surface area (Å²) in [4.78, 5) is 0. The van der Waals surface area contributed by atoms with Crippen LogP contribution in [0.25, 0.3) is 38.6 Å². The zero-order chi connectivity index (χ0) is 34.1. The van der Waals surface area contributed by atoms with Gasteiger partial charge in [-0.15, -0.1) is 0 Å². The number of nitrogens with zero attached hydrogens (tertiary/aromatic N) is 4. The predicted molar refractivity (Wildman–Crippen MR) is 204 cm³/mol. The smallest absolute Gasteiger partial charge is 0.180 e. The van der Waals surface area contributed by atoms with Gasteiger partial charge in [-0.3, -0.25) is 0 Å². The number of nitriles is 3. The van der Waals surface area contributed by atoms with Gasteiger partial charge < -0.3 is 4.57 Å². The summed E-state index contributed by atoms with van der Waals surface area (Å²) in [6.07, 6.45) is 0. The van der Waals surface area contributed by atoms with Crippen molar-refractivity contribution in [1.29, 1.82) is 15.8 Å². The average Bonchev–Trinajstić information content (AvgIpc) is 3.52. The van der Waals surface area contributed by atoms with Crippen LogP contribution in [0.3, 0.4) is 0 Å². The van der Waals surface area contributed by atoms with Gasteiger partial charge in [0.1, 0.15) is 0 Å². The van der Waals surface area contributed by atoms with E-state index in [0.717, 1.165) is 38.2 Å². The number of rotatable bonds is 6. The van der Waals surface area contributed by atoms with Crippen molar-refractivity contribution >= 4 is 50.6 Å². The van der Waals surface area contributed by atoms with Crippen LogP contribution >= 0.6 is 0 Å². The first-order valence-corrected chi connectivity index (χ1v) is 18.4. The second-order valence-corrected chi connectivity index (χ2v) is 16.0. The molecule has 1 aromatic heterocycles. The number of hydrogen-bond acceptors (Lipinski definition) is 3. The third kappa shape index (κ3) is 4.72. The standard InChI is InChI=1S/C45H28N4Si/c46-29-32-23-26-44-41(27-32)40-19-10-11-21-43(40)49(44)34-24-25-38(33(28-34)30-47)39-20-12-22-45(42(39)31-48)50(35-13-4-1-5-14-35,36-15-6-2-7-16-36)37-17-8-3-9-18-37/h1-28H. The SMILES string of the molecule is N#Cc1ccc2c(c1)c1ccccc1n2-c1ccc(-c2cccc([Si](c3ccccc3)(c3ccccc3)c3ccccc3)c2C#N)c(C#N)c1. The molecule has 0 N–H and O–H groups in total. The number of para-hydroxylation sites is 1. The van der Waals surface area contributed by atoms with E-state index in [1.165, 1.54) is 15.6 Å². The molecule has 0 amide bonds. The van der Waals surface area contributed by atoms with Crippen LogP contribution in [-0.4, -0.2) is 12.6 Å². The lowest BCUT2D eigenvalue weighted by Crippen LogP contribution is -2.75. The molecule has 8 rings (SSSR count). The molecule has 50 heavy (non-hydrogen) atoms. The molecule has 0 fully saturated rings. The molecular weight excluding hydrogens is 625 g/mol. The zero-order valence-electron chi connectivity index (χ0n) is 27.0. The lowest BCUT2D eigenvalue weighted by molar-refractivity contribution is 1.18. The van der Waals surface area contributed by atoms with Gasteiger partial charge in [-0.2, -0.15) is 15.8 Å². The molecule has 0 aliphatic heterocycles. The van der Waals surface area contributed by atoms with E-state index < -0.39 is 8.07 Å². The van der Waals surface area contributed by atoms with Gasteiger partial charge in [0, 0.05) is 27.6 Å². The Labute approximate surface area is 291 Å². The molecule has 232 valence electrons. The van der Waals surface area contributed by atoms with E-state index in [4.69, 9.17) is 0 Å². The van der Waals surface area contributed by atoms with Gasteiger partial charge in [-0.25, -0.2) is 0 Å². The molecule has 0 unspecified atom stereocenters. The Kier molecular flexibility index (Phi) is 7.63. The Morgan fingerprint density at radius 2 is 1.04 bits per heavy atom. The van der Waals surface area contributed by atoms with Crippen LogP contribution in [0.15, 0.2) is 170 Å². The van der Waals surface area contributed by atoms with E-state index in [-0.39, 0.29) is 0 Å². The summed E-state index contributed by atoms with van der Waals surface area (Å²) in [5.74, 6) is 0. The fraction of sp³-hybridized carbons (Fsp3) is 0. The van der Waals surface area contributed by atoms with Crippen molar-refractivity contribution in [3.63, 3.8) is 0 Å². The minimum atomic E-state index is -3.01. The maximum absolute atomic E-state index is 11.1. The summed E-state index contributed by atoms with van der Waals surface area (Å²) in [7, 11) is -3.01. The Balaban J connectivity index is 1.38. The fourth-order valence-electron chi connectivity index (χ4n) is 7.56. The number of aromatic nitrogens is 1. The van der Waals surface area contributed by atoms with E-state index >= 15 is 0 Å². The second-order valence-electron chi connectivity index (χ2n) is 12.2. The van der Waals surface area contributed by atoms with Crippen LogP contribution in [-0.2, 0) is 0 Å². The van der Waals surface area contributed by atoms with Crippen LogP contribution in [0.2, 0.25) is 0 Å². The van der Waals surface area contributed by atoms with Crippen molar-refractivity contribution in [2.75, 3.05) is 0 Å². The quantitative estimate of drug-likeness (QED) is 0.138. The topological polar surface area (TPSA) is 76.3 Å². The lowest BCUT2D eigenvalue weighted by atomic mass is 9.95. The van der Waals surface area contributed by atoms with E-state index in [9.17, 15) is 15.8 Å². The Morgan fingerprint density at radius 1 is 0.440 bits per heavy atom. The van der Waals surface area contributed by atoms with Gasteiger partial charge in [0.15, 0.2) is 8.07 Å².